The highest BCUT2D eigenvalue weighted by Crippen LogP contribution is 2.22. The second kappa shape index (κ2) is 6.00. The topological polar surface area (TPSA) is 45.2 Å². The third-order valence-electron chi connectivity index (χ3n) is 2.30. The van der Waals surface area contributed by atoms with Gasteiger partial charge < -0.3 is 10.2 Å². The molecule has 0 radical (unpaired) electrons. The first-order valence-corrected chi connectivity index (χ1v) is 6.42. The Morgan fingerprint density at radius 2 is 2.12 bits per heavy atom. The molecule has 5 heteroatoms. The number of nitrogens with zero attached hydrogens (tertiary/aromatic N) is 2. The summed E-state index contributed by atoms with van der Waals surface area (Å²) in [5.74, 6) is 0.954. The lowest BCUT2D eigenvalue weighted by molar-refractivity contribution is -0.116. The molecule has 0 saturated carbocycles. The number of carbonyl (C=O) groups excluding carboxylic acids is 1. The summed E-state index contributed by atoms with van der Waals surface area (Å²) in [6.07, 6.45) is 1.71. The number of alkyl halides is 1. The maximum absolute atomic E-state index is 11.9. The van der Waals surface area contributed by atoms with Gasteiger partial charge in [0.1, 0.15) is 0 Å². The lowest BCUT2D eigenvalue weighted by atomic mass is 10.1. The van der Waals surface area contributed by atoms with Crippen LogP contribution in [0, 0.1) is 5.92 Å². The average molecular weight is 300 g/mol. The highest BCUT2D eigenvalue weighted by molar-refractivity contribution is 9.10. The van der Waals surface area contributed by atoms with Crippen LogP contribution in [0.2, 0.25) is 0 Å². The van der Waals surface area contributed by atoms with Crippen LogP contribution in [0.3, 0.4) is 0 Å². The number of halogens is 1. The van der Waals surface area contributed by atoms with Gasteiger partial charge in [-0.3, -0.25) is 4.79 Å². The van der Waals surface area contributed by atoms with Crippen LogP contribution in [0.1, 0.15) is 13.8 Å². The predicted molar refractivity (Wildman–Crippen MR) is 74.7 cm³/mol. The molecule has 0 aromatic carbocycles. The highest BCUT2D eigenvalue weighted by atomic mass is 79.9. The average Bonchev–Trinajstić information content (AvgIpc) is 2.28. The van der Waals surface area contributed by atoms with E-state index in [2.05, 4.69) is 26.2 Å². The van der Waals surface area contributed by atoms with Crippen LogP contribution in [0.25, 0.3) is 0 Å². The molecule has 94 valence electrons. The molecule has 1 atom stereocenters. The van der Waals surface area contributed by atoms with E-state index < -0.39 is 0 Å². The standard InChI is InChI=1S/C12H18BrN3O/c1-8(2)10(13)12(17)15-9-6-5-7-14-11(9)16(3)4/h5-8,10H,1-4H3,(H,15,17). The Hall–Kier alpha value is -1.10. The second-order valence-electron chi connectivity index (χ2n) is 4.40. The van der Waals surface area contributed by atoms with Crippen LogP contribution in [-0.4, -0.2) is 29.8 Å². The summed E-state index contributed by atoms with van der Waals surface area (Å²) in [7, 11) is 3.79. The predicted octanol–water partition coefficient (Wildman–Crippen LogP) is 2.51. The van der Waals surface area contributed by atoms with Gasteiger partial charge in [0, 0.05) is 20.3 Å². The molecule has 17 heavy (non-hydrogen) atoms. The number of rotatable bonds is 4. The zero-order valence-electron chi connectivity index (χ0n) is 10.6. The van der Waals surface area contributed by atoms with Gasteiger partial charge in [-0.1, -0.05) is 29.8 Å². The van der Waals surface area contributed by atoms with E-state index in [0.717, 1.165) is 11.5 Å². The maximum atomic E-state index is 11.9. The minimum atomic E-state index is -0.197. The van der Waals surface area contributed by atoms with Crippen LogP contribution in [0.15, 0.2) is 18.3 Å². The summed E-state index contributed by atoms with van der Waals surface area (Å²) in [6.45, 7) is 3.99. The Labute approximate surface area is 111 Å². The molecular weight excluding hydrogens is 282 g/mol. The van der Waals surface area contributed by atoms with Crippen molar-refractivity contribution in [1.82, 2.24) is 4.98 Å². The lowest BCUT2D eigenvalue weighted by Crippen LogP contribution is -2.28. The first kappa shape index (κ1) is 14.0. The number of anilines is 2. The van der Waals surface area contributed by atoms with E-state index in [1.165, 1.54) is 0 Å². The van der Waals surface area contributed by atoms with Crippen molar-refractivity contribution in [3.63, 3.8) is 0 Å². The molecule has 1 unspecified atom stereocenters. The molecule has 0 aliphatic carbocycles. The van der Waals surface area contributed by atoms with Gasteiger partial charge in [0.15, 0.2) is 5.82 Å². The van der Waals surface area contributed by atoms with Gasteiger partial charge in [-0.2, -0.15) is 0 Å². The van der Waals surface area contributed by atoms with Crippen molar-refractivity contribution < 1.29 is 4.79 Å². The van der Waals surface area contributed by atoms with Crippen molar-refractivity contribution in [1.29, 1.82) is 0 Å². The van der Waals surface area contributed by atoms with E-state index in [1.807, 2.05) is 38.9 Å². The number of nitrogens with one attached hydrogen (secondary N) is 1. The summed E-state index contributed by atoms with van der Waals surface area (Å²) in [5.41, 5.74) is 0.729. The zero-order chi connectivity index (χ0) is 13.0. The summed E-state index contributed by atoms with van der Waals surface area (Å²) in [4.78, 5) is 17.8. The van der Waals surface area contributed by atoms with E-state index >= 15 is 0 Å². The van der Waals surface area contributed by atoms with Crippen molar-refractivity contribution in [2.75, 3.05) is 24.3 Å². The van der Waals surface area contributed by atoms with E-state index in [9.17, 15) is 4.79 Å². The number of carbonyl (C=O) groups is 1. The molecule has 1 aromatic rings. The summed E-state index contributed by atoms with van der Waals surface area (Å²) in [6, 6.07) is 3.65. The normalized spacial score (nSPS) is 12.4. The molecule has 1 amide bonds. The fourth-order valence-corrected chi connectivity index (χ4v) is 1.47. The van der Waals surface area contributed by atoms with Gasteiger partial charge in [0.05, 0.1) is 10.5 Å². The number of hydrogen-bond donors (Lipinski definition) is 1. The minimum Gasteiger partial charge on any atom is -0.361 e. The molecule has 0 spiro atoms. The van der Waals surface area contributed by atoms with Crippen LogP contribution >= 0.6 is 15.9 Å². The van der Waals surface area contributed by atoms with Crippen molar-refractivity contribution in [2.24, 2.45) is 5.92 Å². The van der Waals surface area contributed by atoms with Crippen molar-refractivity contribution in [3.05, 3.63) is 18.3 Å². The Bertz CT molecular complexity index is 393. The first-order chi connectivity index (χ1) is 7.93. The van der Waals surface area contributed by atoms with Crippen molar-refractivity contribution >= 4 is 33.3 Å². The third kappa shape index (κ3) is 3.70. The van der Waals surface area contributed by atoms with Gasteiger partial charge >= 0.3 is 0 Å². The number of pyridine rings is 1. The Kier molecular flexibility index (Phi) is 4.93. The van der Waals surface area contributed by atoms with Gasteiger partial charge in [0.2, 0.25) is 5.91 Å². The number of aromatic nitrogens is 1. The van der Waals surface area contributed by atoms with E-state index in [1.54, 1.807) is 12.3 Å². The Morgan fingerprint density at radius 3 is 2.65 bits per heavy atom. The smallest absolute Gasteiger partial charge is 0.238 e. The molecule has 0 bridgehead atoms. The maximum Gasteiger partial charge on any atom is 0.238 e. The van der Waals surface area contributed by atoms with Gasteiger partial charge in [-0.15, -0.1) is 0 Å². The molecule has 0 aliphatic rings. The summed E-state index contributed by atoms with van der Waals surface area (Å²) in [5, 5.41) is 2.88. The van der Waals surface area contributed by atoms with E-state index in [0.29, 0.717) is 0 Å². The van der Waals surface area contributed by atoms with Crippen LogP contribution < -0.4 is 10.2 Å². The molecule has 1 aromatic heterocycles. The van der Waals surface area contributed by atoms with Gasteiger partial charge in [0.25, 0.3) is 0 Å². The van der Waals surface area contributed by atoms with Crippen LogP contribution in [0.5, 0.6) is 0 Å². The van der Waals surface area contributed by atoms with Crippen LogP contribution in [0.4, 0.5) is 11.5 Å². The first-order valence-electron chi connectivity index (χ1n) is 5.50. The molecule has 1 N–H and O–H groups in total. The van der Waals surface area contributed by atoms with Crippen molar-refractivity contribution in [3.8, 4) is 0 Å². The molecule has 4 nitrogen and oxygen atoms in total. The van der Waals surface area contributed by atoms with E-state index in [4.69, 9.17) is 0 Å². The molecular formula is C12H18BrN3O. The monoisotopic (exact) mass is 299 g/mol. The third-order valence-corrected chi connectivity index (χ3v) is 3.78. The SMILES string of the molecule is CC(C)C(Br)C(=O)Nc1cccnc1N(C)C. The fourth-order valence-electron chi connectivity index (χ4n) is 1.36. The quantitative estimate of drug-likeness (QED) is 0.869. The van der Waals surface area contributed by atoms with Crippen LogP contribution in [-0.2, 0) is 4.79 Å². The molecule has 0 fully saturated rings. The number of hydrogen-bond acceptors (Lipinski definition) is 3. The number of amides is 1. The lowest BCUT2D eigenvalue weighted by Gasteiger charge is -2.18. The highest BCUT2D eigenvalue weighted by Gasteiger charge is 2.19. The zero-order valence-corrected chi connectivity index (χ0v) is 12.2. The molecule has 1 heterocycles. The Morgan fingerprint density at radius 1 is 1.47 bits per heavy atom. The second-order valence-corrected chi connectivity index (χ2v) is 5.39. The fraction of sp³-hybridized carbons (Fsp3) is 0.500. The Balaban J connectivity index is 2.85. The van der Waals surface area contributed by atoms with Gasteiger partial charge in [-0.05, 0) is 18.1 Å². The van der Waals surface area contributed by atoms with E-state index in [-0.39, 0.29) is 16.7 Å². The largest absolute Gasteiger partial charge is 0.361 e. The molecule has 0 saturated heterocycles. The molecule has 1 rings (SSSR count). The van der Waals surface area contributed by atoms with Gasteiger partial charge in [-0.25, -0.2) is 4.98 Å². The van der Waals surface area contributed by atoms with Crippen molar-refractivity contribution in [2.45, 2.75) is 18.7 Å². The summed E-state index contributed by atoms with van der Waals surface area (Å²) < 4.78 is 0. The molecule has 0 aliphatic heterocycles. The summed E-state index contributed by atoms with van der Waals surface area (Å²) >= 11 is 3.38. The minimum absolute atomic E-state index is 0.0453.